The molecule has 0 atom stereocenters. The van der Waals surface area contributed by atoms with E-state index in [1.54, 1.807) is 36.5 Å². The third-order valence-electron chi connectivity index (χ3n) is 6.90. The summed E-state index contributed by atoms with van der Waals surface area (Å²) in [5.74, 6) is 0.280. The molecule has 5 rings (SSSR count). The zero-order valence-electron chi connectivity index (χ0n) is 19.3. The summed E-state index contributed by atoms with van der Waals surface area (Å²) < 4.78 is 5.21. The number of hydrogen-bond donors (Lipinski definition) is 1. The minimum absolute atomic E-state index is 0.0244. The molecule has 8 nitrogen and oxygen atoms in total. The van der Waals surface area contributed by atoms with Crippen LogP contribution in [-0.4, -0.2) is 40.6 Å². The number of hydrogen-bond acceptors (Lipinski definition) is 6. The number of methoxy groups -OCH3 is 1. The number of carbonyl (C=O) groups excluding carboxylic acids is 2. The Bertz CT molecular complexity index is 1270. The van der Waals surface area contributed by atoms with E-state index in [4.69, 9.17) is 9.84 Å². The number of nitrogens with one attached hydrogen (secondary N) is 1. The molecular formula is C26H27N5O3. The molecule has 1 N–H and O–H groups in total. The van der Waals surface area contributed by atoms with Gasteiger partial charge in [0.2, 0.25) is 5.88 Å². The van der Waals surface area contributed by atoms with Crippen LogP contribution in [0.1, 0.15) is 49.4 Å². The van der Waals surface area contributed by atoms with Gasteiger partial charge in [-0.1, -0.05) is 25.1 Å². The lowest BCUT2D eigenvalue weighted by atomic mass is 9.68. The van der Waals surface area contributed by atoms with Crippen LogP contribution in [0.3, 0.4) is 0 Å². The Balaban J connectivity index is 1.31. The molecule has 174 valence electrons. The van der Waals surface area contributed by atoms with Gasteiger partial charge >= 0.3 is 0 Å². The molecule has 3 heterocycles. The Morgan fingerprint density at radius 1 is 1.15 bits per heavy atom. The fourth-order valence-electron chi connectivity index (χ4n) is 5.07. The highest BCUT2D eigenvalue weighted by atomic mass is 16.5. The van der Waals surface area contributed by atoms with Crippen LogP contribution in [0.4, 0.5) is 5.69 Å². The smallest absolute Gasteiger partial charge is 0.259 e. The van der Waals surface area contributed by atoms with Crippen LogP contribution >= 0.6 is 0 Å². The first-order chi connectivity index (χ1) is 16.6. The molecule has 0 radical (unpaired) electrons. The van der Waals surface area contributed by atoms with Crippen LogP contribution in [0.2, 0.25) is 0 Å². The standard InChI is InChI=1S/C26H27N5O3/c1-3-21-26(25(33)31(30-21)18-7-5-4-6-8-18)14-11-17(12-15-26)28-24(32)19-13-16-27-20-9-10-22(34-2)29-23(19)20/h4-10,13,16-17H,3,11-12,14-15H2,1-2H3,(H,28,32)/t17-,26-. The zero-order chi connectivity index (χ0) is 23.7. The van der Waals surface area contributed by atoms with Crippen molar-refractivity contribution in [3.63, 3.8) is 0 Å². The molecule has 2 amide bonds. The van der Waals surface area contributed by atoms with E-state index < -0.39 is 5.41 Å². The summed E-state index contributed by atoms with van der Waals surface area (Å²) in [7, 11) is 1.54. The van der Waals surface area contributed by atoms with Crippen LogP contribution in [0, 0.1) is 5.41 Å². The lowest BCUT2D eigenvalue weighted by Crippen LogP contribution is -2.47. The Labute approximate surface area is 198 Å². The molecule has 0 bridgehead atoms. The highest BCUT2D eigenvalue weighted by Gasteiger charge is 2.52. The minimum atomic E-state index is -0.579. The molecular weight excluding hydrogens is 430 g/mol. The van der Waals surface area contributed by atoms with E-state index in [1.165, 1.54) is 0 Å². The molecule has 2 aromatic heterocycles. The first-order valence-electron chi connectivity index (χ1n) is 11.6. The highest BCUT2D eigenvalue weighted by molar-refractivity contribution is 6.19. The zero-order valence-corrected chi connectivity index (χ0v) is 19.3. The van der Waals surface area contributed by atoms with E-state index >= 15 is 0 Å². The maximum absolute atomic E-state index is 13.5. The topological polar surface area (TPSA) is 96.8 Å². The number of hydrazone groups is 1. The van der Waals surface area contributed by atoms with Gasteiger partial charge in [0.15, 0.2) is 0 Å². The molecule has 34 heavy (non-hydrogen) atoms. The van der Waals surface area contributed by atoms with Crippen molar-refractivity contribution in [2.24, 2.45) is 10.5 Å². The maximum atomic E-state index is 13.5. The summed E-state index contributed by atoms with van der Waals surface area (Å²) in [6.07, 6.45) is 5.08. The second-order valence-electron chi connectivity index (χ2n) is 8.76. The lowest BCUT2D eigenvalue weighted by molar-refractivity contribution is -0.125. The first-order valence-corrected chi connectivity index (χ1v) is 11.6. The third kappa shape index (κ3) is 3.69. The van der Waals surface area contributed by atoms with Crippen molar-refractivity contribution in [1.29, 1.82) is 0 Å². The molecule has 2 aliphatic rings. The number of carbonyl (C=O) groups is 2. The Kier molecular flexibility index (Phi) is 5.73. The molecule has 1 saturated carbocycles. The van der Waals surface area contributed by atoms with Crippen molar-refractivity contribution in [2.45, 2.75) is 45.1 Å². The number of pyridine rings is 2. The van der Waals surface area contributed by atoms with Crippen LogP contribution in [0.5, 0.6) is 5.88 Å². The summed E-state index contributed by atoms with van der Waals surface area (Å²) in [6, 6.07) is 14.7. The first kappa shape index (κ1) is 22.0. The SMILES string of the molecule is CCC1=NN(c2ccccc2)C(=O)[C@]12CC[C@H](NC(=O)c1ccnc3ccc(OC)nc13)CC2. The number of rotatable bonds is 5. The maximum Gasteiger partial charge on any atom is 0.259 e. The van der Waals surface area contributed by atoms with E-state index in [0.29, 0.717) is 48.2 Å². The summed E-state index contributed by atoms with van der Waals surface area (Å²) in [6.45, 7) is 2.05. The van der Waals surface area contributed by atoms with E-state index in [1.807, 2.05) is 37.3 Å². The Morgan fingerprint density at radius 3 is 2.62 bits per heavy atom. The van der Waals surface area contributed by atoms with Crippen molar-refractivity contribution >= 4 is 34.2 Å². The highest BCUT2D eigenvalue weighted by Crippen LogP contribution is 2.45. The predicted molar refractivity (Wildman–Crippen MR) is 130 cm³/mol. The number of para-hydroxylation sites is 1. The number of fused-ring (bicyclic) bond motifs is 1. The van der Waals surface area contributed by atoms with E-state index in [-0.39, 0.29) is 17.9 Å². The molecule has 1 fully saturated rings. The number of anilines is 1. The third-order valence-corrected chi connectivity index (χ3v) is 6.90. The van der Waals surface area contributed by atoms with Gasteiger partial charge in [-0.2, -0.15) is 10.1 Å². The summed E-state index contributed by atoms with van der Waals surface area (Å²) >= 11 is 0. The van der Waals surface area contributed by atoms with Gasteiger partial charge in [0, 0.05) is 18.3 Å². The quantitative estimate of drug-likeness (QED) is 0.622. The van der Waals surface area contributed by atoms with Crippen LogP contribution in [0.15, 0.2) is 59.8 Å². The monoisotopic (exact) mass is 457 g/mol. The van der Waals surface area contributed by atoms with Crippen LogP contribution in [0.25, 0.3) is 11.0 Å². The van der Waals surface area contributed by atoms with Gasteiger partial charge in [-0.3, -0.25) is 14.6 Å². The van der Waals surface area contributed by atoms with Gasteiger partial charge in [-0.25, -0.2) is 4.98 Å². The summed E-state index contributed by atoms with van der Waals surface area (Å²) in [4.78, 5) is 35.4. The average Bonchev–Trinajstić information content (AvgIpc) is 3.16. The van der Waals surface area contributed by atoms with E-state index in [2.05, 4.69) is 15.3 Å². The average molecular weight is 458 g/mol. The molecule has 8 heteroatoms. The van der Waals surface area contributed by atoms with Gasteiger partial charge in [-0.05, 0) is 56.4 Å². The summed E-state index contributed by atoms with van der Waals surface area (Å²) in [5.41, 5.74) is 2.76. The van der Waals surface area contributed by atoms with Gasteiger partial charge in [-0.15, -0.1) is 0 Å². The Hall–Kier alpha value is -3.81. The van der Waals surface area contributed by atoms with Crippen molar-refractivity contribution in [1.82, 2.24) is 15.3 Å². The van der Waals surface area contributed by atoms with E-state index in [9.17, 15) is 9.59 Å². The largest absolute Gasteiger partial charge is 0.481 e. The van der Waals surface area contributed by atoms with Gasteiger partial charge in [0.1, 0.15) is 5.52 Å². The Morgan fingerprint density at radius 2 is 1.91 bits per heavy atom. The fourth-order valence-corrected chi connectivity index (χ4v) is 5.07. The van der Waals surface area contributed by atoms with Gasteiger partial charge < -0.3 is 10.1 Å². The van der Waals surface area contributed by atoms with E-state index in [0.717, 1.165) is 17.8 Å². The molecule has 1 aliphatic carbocycles. The second-order valence-corrected chi connectivity index (χ2v) is 8.76. The van der Waals surface area contributed by atoms with Crippen molar-refractivity contribution < 1.29 is 14.3 Å². The number of nitrogens with zero attached hydrogens (tertiary/aromatic N) is 4. The van der Waals surface area contributed by atoms with Crippen molar-refractivity contribution in [2.75, 3.05) is 12.1 Å². The van der Waals surface area contributed by atoms with Gasteiger partial charge in [0.05, 0.1) is 35.0 Å². The fraction of sp³-hybridized carbons (Fsp3) is 0.346. The number of aromatic nitrogens is 2. The number of benzene rings is 1. The van der Waals surface area contributed by atoms with Crippen molar-refractivity contribution in [3.05, 3.63) is 60.3 Å². The lowest BCUT2D eigenvalue weighted by Gasteiger charge is -2.36. The summed E-state index contributed by atoms with van der Waals surface area (Å²) in [5, 5.41) is 9.41. The molecule has 1 spiro atoms. The molecule has 1 aliphatic heterocycles. The molecule has 0 saturated heterocycles. The van der Waals surface area contributed by atoms with Crippen LogP contribution in [-0.2, 0) is 4.79 Å². The second kappa shape index (κ2) is 8.85. The van der Waals surface area contributed by atoms with Gasteiger partial charge in [0.25, 0.3) is 11.8 Å². The normalized spacial score (nSPS) is 22.2. The number of ether oxygens (including phenoxy) is 1. The molecule has 3 aromatic rings. The molecule has 0 unspecified atom stereocenters. The predicted octanol–water partition coefficient (Wildman–Crippen LogP) is 4.11. The molecule has 1 aromatic carbocycles. The number of amides is 2. The minimum Gasteiger partial charge on any atom is -0.481 e. The van der Waals surface area contributed by atoms with Crippen molar-refractivity contribution in [3.8, 4) is 5.88 Å². The van der Waals surface area contributed by atoms with Crippen LogP contribution < -0.4 is 15.1 Å².